The number of likely N-dealkylation sites (N-methyl/N-ethyl adjacent to an activating group) is 1. The lowest BCUT2D eigenvalue weighted by molar-refractivity contribution is 0.554. The summed E-state index contributed by atoms with van der Waals surface area (Å²) >= 11 is 5.77. The highest BCUT2D eigenvalue weighted by Gasteiger charge is 2.13. The molecule has 19 heavy (non-hydrogen) atoms. The van der Waals surface area contributed by atoms with E-state index in [2.05, 4.69) is 30.4 Å². The van der Waals surface area contributed by atoms with Crippen molar-refractivity contribution in [1.29, 1.82) is 0 Å². The van der Waals surface area contributed by atoms with Crippen molar-refractivity contribution in [1.82, 2.24) is 5.32 Å². The maximum Gasteiger partial charge on any atom is 0.127 e. The SMILES string of the molecule is CNC(Cc1ccc(Cl)cc1F)c1cccc(C)c1. The molecule has 0 radical (unpaired) electrons. The van der Waals surface area contributed by atoms with Crippen LogP contribution in [0.2, 0.25) is 5.02 Å². The van der Waals surface area contributed by atoms with Crippen molar-refractivity contribution in [2.45, 2.75) is 19.4 Å². The number of hydrogen-bond acceptors (Lipinski definition) is 1. The van der Waals surface area contributed by atoms with Crippen molar-refractivity contribution in [3.63, 3.8) is 0 Å². The minimum absolute atomic E-state index is 0.0931. The fourth-order valence-corrected chi connectivity index (χ4v) is 2.34. The average Bonchev–Trinajstić information content (AvgIpc) is 2.38. The van der Waals surface area contributed by atoms with Gasteiger partial charge in [0.05, 0.1) is 0 Å². The second-order valence-electron chi connectivity index (χ2n) is 4.70. The van der Waals surface area contributed by atoms with Gasteiger partial charge >= 0.3 is 0 Å². The fourth-order valence-electron chi connectivity index (χ4n) is 2.18. The zero-order valence-electron chi connectivity index (χ0n) is 11.1. The van der Waals surface area contributed by atoms with Crippen LogP contribution in [0, 0.1) is 12.7 Å². The molecule has 0 aliphatic rings. The molecule has 0 amide bonds. The summed E-state index contributed by atoms with van der Waals surface area (Å²) in [5.74, 6) is -0.250. The largest absolute Gasteiger partial charge is 0.313 e. The first-order valence-electron chi connectivity index (χ1n) is 6.28. The molecule has 1 nitrogen and oxygen atoms in total. The van der Waals surface area contributed by atoms with Crippen LogP contribution in [0.5, 0.6) is 0 Å². The summed E-state index contributed by atoms with van der Waals surface area (Å²) in [5.41, 5.74) is 3.04. The molecule has 1 N–H and O–H groups in total. The van der Waals surface area contributed by atoms with Crippen LogP contribution in [0.25, 0.3) is 0 Å². The summed E-state index contributed by atoms with van der Waals surface area (Å²) in [7, 11) is 1.89. The molecule has 0 saturated carbocycles. The fraction of sp³-hybridized carbons (Fsp3) is 0.250. The Hall–Kier alpha value is -1.38. The minimum atomic E-state index is -0.250. The van der Waals surface area contributed by atoms with E-state index in [1.54, 1.807) is 12.1 Å². The van der Waals surface area contributed by atoms with Crippen molar-refractivity contribution in [2.24, 2.45) is 0 Å². The summed E-state index contributed by atoms with van der Waals surface area (Å²) < 4.78 is 13.8. The molecule has 0 aromatic heterocycles. The third kappa shape index (κ3) is 3.55. The molecular weight excluding hydrogens is 261 g/mol. The molecule has 0 bridgehead atoms. The summed E-state index contributed by atoms with van der Waals surface area (Å²) in [5, 5.41) is 3.66. The van der Waals surface area contributed by atoms with E-state index in [9.17, 15) is 4.39 Å². The number of benzene rings is 2. The van der Waals surface area contributed by atoms with Gasteiger partial charge in [-0.05, 0) is 43.7 Å². The van der Waals surface area contributed by atoms with Gasteiger partial charge < -0.3 is 5.32 Å². The topological polar surface area (TPSA) is 12.0 Å². The lowest BCUT2D eigenvalue weighted by atomic mass is 9.97. The van der Waals surface area contributed by atoms with Gasteiger partial charge in [0.25, 0.3) is 0 Å². The Balaban J connectivity index is 2.24. The van der Waals surface area contributed by atoms with Gasteiger partial charge in [0, 0.05) is 11.1 Å². The van der Waals surface area contributed by atoms with Crippen LogP contribution in [-0.2, 0) is 6.42 Å². The van der Waals surface area contributed by atoms with E-state index in [-0.39, 0.29) is 11.9 Å². The third-order valence-electron chi connectivity index (χ3n) is 3.23. The predicted molar refractivity (Wildman–Crippen MR) is 78.1 cm³/mol. The maximum absolute atomic E-state index is 13.8. The van der Waals surface area contributed by atoms with Crippen molar-refractivity contribution < 1.29 is 4.39 Å². The lowest BCUT2D eigenvalue weighted by Crippen LogP contribution is -2.19. The van der Waals surface area contributed by atoms with Gasteiger partial charge in [0.1, 0.15) is 5.82 Å². The monoisotopic (exact) mass is 277 g/mol. The summed E-state index contributed by atoms with van der Waals surface area (Å²) in [6, 6.07) is 13.2. The summed E-state index contributed by atoms with van der Waals surface area (Å²) in [4.78, 5) is 0. The van der Waals surface area contributed by atoms with Crippen molar-refractivity contribution in [3.8, 4) is 0 Å². The van der Waals surface area contributed by atoms with Gasteiger partial charge in [-0.1, -0.05) is 47.5 Å². The van der Waals surface area contributed by atoms with Crippen LogP contribution >= 0.6 is 11.6 Å². The highest BCUT2D eigenvalue weighted by atomic mass is 35.5. The van der Waals surface area contributed by atoms with Gasteiger partial charge in [-0.3, -0.25) is 0 Å². The molecule has 2 rings (SSSR count). The Morgan fingerprint density at radius 1 is 1.21 bits per heavy atom. The van der Waals surface area contributed by atoms with Gasteiger partial charge in [0.2, 0.25) is 0 Å². The van der Waals surface area contributed by atoms with Gasteiger partial charge in [-0.25, -0.2) is 4.39 Å². The molecule has 1 unspecified atom stereocenters. The first-order chi connectivity index (χ1) is 9.10. The standard InChI is InChI=1S/C16H17ClFN/c1-11-4-3-5-13(8-11)16(19-2)9-12-6-7-14(17)10-15(12)18/h3-8,10,16,19H,9H2,1-2H3. The molecule has 100 valence electrons. The van der Waals surface area contributed by atoms with Crippen LogP contribution in [-0.4, -0.2) is 7.05 Å². The quantitative estimate of drug-likeness (QED) is 0.879. The predicted octanol–water partition coefficient (Wildman–Crippen LogP) is 4.29. The van der Waals surface area contributed by atoms with E-state index >= 15 is 0 Å². The van der Waals surface area contributed by atoms with Crippen LogP contribution < -0.4 is 5.32 Å². The number of nitrogens with one attached hydrogen (secondary N) is 1. The highest BCUT2D eigenvalue weighted by Crippen LogP contribution is 2.22. The number of rotatable bonds is 4. The molecule has 2 aromatic rings. The number of aryl methyl sites for hydroxylation is 1. The van der Waals surface area contributed by atoms with E-state index in [0.717, 1.165) is 5.56 Å². The molecule has 1 atom stereocenters. The maximum atomic E-state index is 13.8. The van der Waals surface area contributed by atoms with E-state index in [0.29, 0.717) is 17.0 Å². The normalized spacial score (nSPS) is 12.4. The van der Waals surface area contributed by atoms with Crippen LogP contribution in [0.1, 0.15) is 22.7 Å². The second kappa shape index (κ2) is 6.18. The van der Waals surface area contributed by atoms with Gasteiger partial charge in [0.15, 0.2) is 0 Å². The van der Waals surface area contributed by atoms with Crippen LogP contribution in [0.4, 0.5) is 4.39 Å². The van der Waals surface area contributed by atoms with Gasteiger partial charge in [-0.15, -0.1) is 0 Å². The Kier molecular flexibility index (Phi) is 4.56. The Bertz CT molecular complexity index is 568. The summed E-state index contributed by atoms with van der Waals surface area (Å²) in [6.45, 7) is 2.05. The third-order valence-corrected chi connectivity index (χ3v) is 3.47. The van der Waals surface area contributed by atoms with Crippen LogP contribution in [0.15, 0.2) is 42.5 Å². The lowest BCUT2D eigenvalue weighted by Gasteiger charge is -2.17. The molecule has 3 heteroatoms. The van der Waals surface area contributed by atoms with Crippen molar-refractivity contribution in [3.05, 3.63) is 70.0 Å². The van der Waals surface area contributed by atoms with Gasteiger partial charge in [-0.2, -0.15) is 0 Å². The van der Waals surface area contributed by atoms with E-state index < -0.39 is 0 Å². The average molecular weight is 278 g/mol. The zero-order chi connectivity index (χ0) is 13.8. The molecular formula is C16H17ClFN. The Morgan fingerprint density at radius 3 is 2.63 bits per heavy atom. The zero-order valence-corrected chi connectivity index (χ0v) is 11.8. The van der Waals surface area contributed by atoms with Crippen molar-refractivity contribution in [2.75, 3.05) is 7.05 Å². The second-order valence-corrected chi connectivity index (χ2v) is 5.13. The number of halogens is 2. The first kappa shape index (κ1) is 14.0. The molecule has 0 aliphatic heterocycles. The molecule has 0 spiro atoms. The molecule has 0 fully saturated rings. The van der Waals surface area contributed by atoms with E-state index in [4.69, 9.17) is 11.6 Å². The molecule has 0 saturated heterocycles. The Morgan fingerprint density at radius 2 is 2.00 bits per heavy atom. The summed E-state index contributed by atoms with van der Waals surface area (Å²) in [6.07, 6.45) is 0.600. The number of hydrogen-bond donors (Lipinski definition) is 1. The molecule has 0 heterocycles. The Labute approximate surface area is 118 Å². The highest BCUT2D eigenvalue weighted by molar-refractivity contribution is 6.30. The van der Waals surface area contributed by atoms with Crippen LogP contribution in [0.3, 0.4) is 0 Å². The van der Waals surface area contributed by atoms with Crippen molar-refractivity contribution >= 4 is 11.6 Å². The first-order valence-corrected chi connectivity index (χ1v) is 6.65. The molecule has 0 aliphatic carbocycles. The smallest absolute Gasteiger partial charge is 0.127 e. The molecule has 2 aromatic carbocycles. The van der Waals surface area contributed by atoms with E-state index in [1.807, 2.05) is 13.1 Å². The van der Waals surface area contributed by atoms with E-state index in [1.165, 1.54) is 11.6 Å². The minimum Gasteiger partial charge on any atom is -0.313 e.